The van der Waals surface area contributed by atoms with Gasteiger partial charge in [-0.05, 0) is 24.6 Å². The van der Waals surface area contributed by atoms with Gasteiger partial charge in [0.1, 0.15) is 11.2 Å². The largest absolute Gasteiger partial charge is 0.371 e. The normalized spacial score (nSPS) is 10.8. The smallest absolute Gasteiger partial charge is 0.209 e. The quantitative estimate of drug-likeness (QED) is 0.519. The van der Waals surface area contributed by atoms with Crippen molar-refractivity contribution in [3.63, 3.8) is 0 Å². The minimum Gasteiger partial charge on any atom is -0.371 e. The van der Waals surface area contributed by atoms with Crippen LogP contribution in [-0.2, 0) is 7.05 Å². The lowest BCUT2D eigenvalue weighted by molar-refractivity contribution is 0.926. The van der Waals surface area contributed by atoms with Crippen LogP contribution in [0.2, 0.25) is 0 Å². The fourth-order valence-electron chi connectivity index (χ4n) is 1.60. The van der Waals surface area contributed by atoms with Gasteiger partial charge in [0, 0.05) is 14.1 Å². The number of hydrogen-bond donors (Lipinski definition) is 1. The van der Waals surface area contributed by atoms with Crippen LogP contribution >= 0.6 is 0 Å². The maximum Gasteiger partial charge on any atom is 0.209 e. The van der Waals surface area contributed by atoms with Crippen molar-refractivity contribution in [1.29, 1.82) is 0 Å². The van der Waals surface area contributed by atoms with Crippen molar-refractivity contribution in [2.75, 3.05) is 12.4 Å². The number of hydrogen-bond acceptors (Lipinski definition) is 5. The van der Waals surface area contributed by atoms with Gasteiger partial charge in [-0.25, -0.2) is 15.0 Å². The van der Waals surface area contributed by atoms with Crippen molar-refractivity contribution in [2.24, 2.45) is 12.0 Å². The number of rotatable bonds is 3. The molecule has 2 aromatic heterocycles. The van der Waals surface area contributed by atoms with Crippen molar-refractivity contribution in [2.45, 2.75) is 0 Å². The van der Waals surface area contributed by atoms with Crippen molar-refractivity contribution in [1.82, 2.24) is 19.5 Å². The fourth-order valence-corrected chi connectivity index (χ4v) is 1.60. The number of aromatic nitrogens is 4. The Bertz CT molecular complexity index is 757. The van der Waals surface area contributed by atoms with Crippen LogP contribution in [0.15, 0.2) is 35.7 Å². The van der Waals surface area contributed by atoms with E-state index in [1.54, 1.807) is 25.5 Å². The molecule has 0 spiro atoms. The lowest BCUT2D eigenvalue weighted by atomic mass is 10.3. The van der Waals surface area contributed by atoms with E-state index >= 15 is 0 Å². The number of anilines is 1. The second-order valence-corrected chi connectivity index (χ2v) is 3.87. The molecule has 0 unspecified atom stereocenters. The lowest BCUT2D eigenvalue weighted by Crippen LogP contribution is -2.00. The number of fused-ring (bicyclic) bond motifs is 1. The molecule has 2 heterocycles. The average Bonchev–Trinajstić information content (AvgIpc) is 2.84. The summed E-state index contributed by atoms with van der Waals surface area (Å²) < 4.78 is 1.81. The highest BCUT2D eigenvalue weighted by Crippen LogP contribution is 2.17. The molecule has 2 aromatic rings. The van der Waals surface area contributed by atoms with E-state index in [1.165, 1.54) is 0 Å². The molecule has 0 radical (unpaired) electrons. The van der Waals surface area contributed by atoms with Gasteiger partial charge in [-0.15, -0.1) is 0 Å². The maximum absolute atomic E-state index is 4.37. The molecule has 0 saturated carbocycles. The average molecular weight is 266 g/mol. The van der Waals surface area contributed by atoms with Gasteiger partial charge in [0.25, 0.3) is 0 Å². The molecule has 20 heavy (non-hydrogen) atoms. The van der Waals surface area contributed by atoms with Crippen LogP contribution in [-0.4, -0.2) is 33.3 Å². The highest BCUT2D eigenvalue weighted by Gasteiger charge is 2.09. The molecule has 6 heteroatoms. The standard InChI is InChI=1S/C14H14N6/c1-5-6-10(15-2)7-8-11-18-13(16-3)12-14(19-11)20(4)9-17-12/h5-6,9H,1-2H2,3-4H3,(H,16,18,19)/b10-6-. The molecule has 100 valence electrons. The summed E-state index contributed by atoms with van der Waals surface area (Å²) in [5.74, 6) is 6.74. The van der Waals surface area contributed by atoms with E-state index in [4.69, 9.17) is 0 Å². The molecule has 0 saturated heterocycles. The minimum atomic E-state index is 0.393. The topological polar surface area (TPSA) is 68.0 Å². The second kappa shape index (κ2) is 5.80. The van der Waals surface area contributed by atoms with Gasteiger partial charge in [0.2, 0.25) is 5.82 Å². The number of aryl methyl sites for hydroxylation is 1. The third-order valence-electron chi connectivity index (χ3n) is 2.54. The molecular formula is C14H14N6. The predicted octanol–water partition coefficient (Wildman–Crippen LogP) is 1.53. The first-order valence-electron chi connectivity index (χ1n) is 5.88. The van der Waals surface area contributed by atoms with E-state index in [1.807, 2.05) is 11.6 Å². The molecule has 6 nitrogen and oxygen atoms in total. The van der Waals surface area contributed by atoms with Gasteiger partial charge < -0.3 is 9.88 Å². The molecule has 0 bridgehead atoms. The summed E-state index contributed by atoms with van der Waals surface area (Å²) in [4.78, 5) is 16.7. The number of imidazole rings is 1. The van der Waals surface area contributed by atoms with Crippen molar-refractivity contribution < 1.29 is 0 Å². The summed E-state index contributed by atoms with van der Waals surface area (Å²) in [5, 5.41) is 2.99. The van der Waals surface area contributed by atoms with E-state index in [-0.39, 0.29) is 0 Å². The third-order valence-corrected chi connectivity index (χ3v) is 2.54. The lowest BCUT2D eigenvalue weighted by Gasteiger charge is -2.01. The van der Waals surface area contributed by atoms with E-state index in [9.17, 15) is 0 Å². The summed E-state index contributed by atoms with van der Waals surface area (Å²) in [5.41, 5.74) is 1.94. The molecule has 1 N–H and O–H groups in total. The van der Waals surface area contributed by atoms with Crippen LogP contribution in [0.1, 0.15) is 5.82 Å². The molecule has 2 rings (SSSR count). The molecule has 0 aliphatic rings. The second-order valence-electron chi connectivity index (χ2n) is 3.87. The SMILES string of the molecule is C=C/C=C(/C#Cc1nc(NC)c2ncn(C)c2n1)N=C. The molecular weight excluding hydrogens is 252 g/mol. The van der Waals surface area contributed by atoms with Gasteiger partial charge in [-0.3, -0.25) is 4.99 Å². The summed E-state index contributed by atoms with van der Waals surface area (Å²) in [6.45, 7) is 7.04. The Morgan fingerprint density at radius 1 is 1.50 bits per heavy atom. The summed E-state index contributed by atoms with van der Waals surface area (Å²) >= 11 is 0. The van der Waals surface area contributed by atoms with Crippen LogP contribution in [0.3, 0.4) is 0 Å². The zero-order valence-corrected chi connectivity index (χ0v) is 11.4. The number of allylic oxidation sites excluding steroid dienone is 3. The van der Waals surface area contributed by atoms with E-state index in [2.05, 4.69) is 50.4 Å². The van der Waals surface area contributed by atoms with Gasteiger partial charge in [0.05, 0.1) is 6.33 Å². The van der Waals surface area contributed by atoms with E-state index in [0.717, 1.165) is 5.65 Å². The minimum absolute atomic E-state index is 0.393. The van der Waals surface area contributed by atoms with Crippen LogP contribution in [0.5, 0.6) is 0 Å². The Balaban J connectivity index is 2.53. The summed E-state index contributed by atoms with van der Waals surface area (Å²) in [6, 6.07) is 0. The van der Waals surface area contributed by atoms with E-state index < -0.39 is 0 Å². The van der Waals surface area contributed by atoms with Gasteiger partial charge in [-0.2, -0.15) is 0 Å². The number of aliphatic imine (C=N–C) groups is 1. The van der Waals surface area contributed by atoms with Crippen LogP contribution in [0, 0.1) is 11.8 Å². The Morgan fingerprint density at radius 3 is 2.95 bits per heavy atom. The Labute approximate surface area is 117 Å². The summed E-state index contributed by atoms with van der Waals surface area (Å²) in [7, 11) is 3.65. The molecule has 0 aliphatic carbocycles. The Morgan fingerprint density at radius 2 is 2.30 bits per heavy atom. The molecule has 0 amide bonds. The monoisotopic (exact) mass is 266 g/mol. The highest BCUT2D eigenvalue weighted by atomic mass is 15.1. The Hall–Kier alpha value is -2.94. The Kier molecular flexibility index (Phi) is 3.91. The zero-order chi connectivity index (χ0) is 14.5. The molecule has 0 atom stereocenters. The van der Waals surface area contributed by atoms with Gasteiger partial charge >= 0.3 is 0 Å². The van der Waals surface area contributed by atoms with Crippen LogP contribution < -0.4 is 5.32 Å². The first-order chi connectivity index (χ1) is 9.69. The predicted molar refractivity (Wildman–Crippen MR) is 80.6 cm³/mol. The molecule has 0 fully saturated rings. The van der Waals surface area contributed by atoms with Crippen molar-refractivity contribution in [3.8, 4) is 11.8 Å². The first kappa shape index (κ1) is 13.5. The van der Waals surface area contributed by atoms with Crippen LogP contribution in [0.4, 0.5) is 5.82 Å². The van der Waals surface area contributed by atoms with Crippen LogP contribution in [0.25, 0.3) is 11.2 Å². The molecule has 0 aromatic carbocycles. The highest BCUT2D eigenvalue weighted by molar-refractivity contribution is 5.83. The zero-order valence-electron chi connectivity index (χ0n) is 11.4. The van der Waals surface area contributed by atoms with Gasteiger partial charge in [-0.1, -0.05) is 12.7 Å². The van der Waals surface area contributed by atoms with Crippen molar-refractivity contribution >= 4 is 23.7 Å². The fraction of sp³-hybridized carbons (Fsp3) is 0.143. The van der Waals surface area contributed by atoms with Crippen molar-refractivity contribution in [3.05, 3.63) is 36.6 Å². The first-order valence-corrected chi connectivity index (χ1v) is 5.88. The maximum atomic E-state index is 4.37. The molecule has 0 aliphatic heterocycles. The third kappa shape index (κ3) is 2.57. The number of nitrogens with one attached hydrogen (secondary N) is 1. The number of nitrogens with zero attached hydrogens (tertiary/aromatic N) is 5. The van der Waals surface area contributed by atoms with Gasteiger partial charge in [0.15, 0.2) is 11.5 Å². The van der Waals surface area contributed by atoms with E-state index in [0.29, 0.717) is 22.9 Å². The summed E-state index contributed by atoms with van der Waals surface area (Å²) in [6.07, 6.45) is 4.95.